The first-order valence-electron chi connectivity index (χ1n) is 4.97. The molecule has 2 N–H and O–H groups in total. The maximum Gasteiger partial charge on any atom is 0.150 e. The molecule has 4 nitrogen and oxygen atoms in total. The van der Waals surface area contributed by atoms with Crippen LogP contribution in [-0.2, 0) is 0 Å². The van der Waals surface area contributed by atoms with Gasteiger partial charge in [0.2, 0.25) is 0 Å². The third kappa shape index (κ3) is 2.09. The molecule has 0 saturated heterocycles. The molecule has 5 heteroatoms. The van der Waals surface area contributed by atoms with Crippen molar-refractivity contribution in [2.75, 3.05) is 12.0 Å². The lowest BCUT2D eigenvalue weighted by atomic mass is 10.2. The average molecular weight is 212 g/mol. The molecule has 1 aliphatic rings. The van der Waals surface area contributed by atoms with Gasteiger partial charge in [-0.05, 0) is 31.3 Å². The summed E-state index contributed by atoms with van der Waals surface area (Å²) in [5.41, 5.74) is 6.06. The normalized spacial score (nSPS) is 18.4. The van der Waals surface area contributed by atoms with E-state index in [0.717, 1.165) is 18.0 Å². The second-order valence-corrected chi connectivity index (χ2v) is 4.70. The molecular weight excluding hydrogens is 196 g/mol. The molecule has 0 amide bonds. The summed E-state index contributed by atoms with van der Waals surface area (Å²) in [5, 5.41) is 8.05. The van der Waals surface area contributed by atoms with Gasteiger partial charge in [0.1, 0.15) is 12.2 Å². The highest BCUT2D eigenvalue weighted by molar-refractivity contribution is 7.98. The van der Waals surface area contributed by atoms with Crippen molar-refractivity contribution in [3.8, 4) is 0 Å². The van der Waals surface area contributed by atoms with Crippen LogP contribution in [0.1, 0.15) is 37.2 Å². The molecule has 1 aliphatic carbocycles. The lowest BCUT2D eigenvalue weighted by Gasteiger charge is -2.11. The van der Waals surface area contributed by atoms with Crippen LogP contribution in [0.5, 0.6) is 0 Å². The van der Waals surface area contributed by atoms with E-state index in [2.05, 4.69) is 21.0 Å². The van der Waals surface area contributed by atoms with Crippen LogP contribution >= 0.6 is 11.8 Å². The topological polar surface area (TPSA) is 56.7 Å². The Hall–Kier alpha value is -0.550. The summed E-state index contributed by atoms with van der Waals surface area (Å²) in [6, 6.07) is 0.672. The molecule has 1 aromatic heterocycles. The first-order valence-corrected chi connectivity index (χ1v) is 6.36. The minimum atomic E-state index is 0.0468. The Morgan fingerprint density at radius 3 is 3.14 bits per heavy atom. The molecule has 0 bridgehead atoms. The quantitative estimate of drug-likeness (QED) is 0.801. The maximum atomic E-state index is 6.06. The lowest BCUT2D eigenvalue weighted by Crippen LogP contribution is -2.17. The Kier molecular flexibility index (Phi) is 3.08. The van der Waals surface area contributed by atoms with Crippen LogP contribution in [0.3, 0.4) is 0 Å². The van der Waals surface area contributed by atoms with Gasteiger partial charge < -0.3 is 10.3 Å². The number of hydrogen-bond acceptors (Lipinski definition) is 4. The fourth-order valence-electron chi connectivity index (χ4n) is 1.52. The van der Waals surface area contributed by atoms with Crippen LogP contribution in [0.4, 0.5) is 0 Å². The van der Waals surface area contributed by atoms with Crippen molar-refractivity contribution >= 4 is 11.8 Å². The summed E-state index contributed by atoms with van der Waals surface area (Å²) in [5.74, 6) is 2.04. The Labute approximate surface area is 88.3 Å². The predicted octanol–water partition coefficient (Wildman–Crippen LogP) is 1.37. The van der Waals surface area contributed by atoms with E-state index in [9.17, 15) is 0 Å². The van der Waals surface area contributed by atoms with Crippen LogP contribution < -0.4 is 5.73 Å². The first-order chi connectivity index (χ1) is 6.83. The van der Waals surface area contributed by atoms with Gasteiger partial charge in [0.05, 0.1) is 6.04 Å². The third-order valence-electron chi connectivity index (χ3n) is 2.51. The van der Waals surface area contributed by atoms with Crippen molar-refractivity contribution in [2.45, 2.75) is 31.3 Å². The zero-order chi connectivity index (χ0) is 9.97. The number of aromatic nitrogens is 3. The van der Waals surface area contributed by atoms with Crippen molar-refractivity contribution in [3.05, 3.63) is 12.2 Å². The molecule has 1 fully saturated rings. The summed E-state index contributed by atoms with van der Waals surface area (Å²) in [7, 11) is 0. The largest absolute Gasteiger partial charge is 0.321 e. The predicted molar refractivity (Wildman–Crippen MR) is 58.2 cm³/mol. The second kappa shape index (κ2) is 4.31. The fourth-order valence-corrected chi connectivity index (χ4v) is 2.01. The fraction of sp³-hybridized carbons (Fsp3) is 0.778. The molecule has 2 rings (SSSR count). The molecule has 0 aliphatic heterocycles. The van der Waals surface area contributed by atoms with Crippen LogP contribution in [0.2, 0.25) is 0 Å². The van der Waals surface area contributed by atoms with Gasteiger partial charge in [-0.15, -0.1) is 10.2 Å². The van der Waals surface area contributed by atoms with E-state index in [0.29, 0.717) is 6.04 Å². The van der Waals surface area contributed by atoms with E-state index in [1.165, 1.54) is 12.8 Å². The summed E-state index contributed by atoms with van der Waals surface area (Å²) < 4.78 is 2.14. The molecule has 1 aromatic rings. The van der Waals surface area contributed by atoms with Crippen molar-refractivity contribution in [1.82, 2.24) is 14.8 Å². The van der Waals surface area contributed by atoms with Gasteiger partial charge in [0, 0.05) is 6.04 Å². The number of hydrogen-bond donors (Lipinski definition) is 1. The number of rotatable bonds is 5. The van der Waals surface area contributed by atoms with Gasteiger partial charge in [0.15, 0.2) is 0 Å². The Morgan fingerprint density at radius 1 is 1.71 bits per heavy atom. The zero-order valence-corrected chi connectivity index (χ0v) is 9.20. The van der Waals surface area contributed by atoms with E-state index in [1.54, 1.807) is 0 Å². The Balaban J connectivity index is 2.02. The molecule has 0 unspecified atom stereocenters. The molecule has 0 radical (unpaired) electrons. The smallest absolute Gasteiger partial charge is 0.150 e. The number of thioether (sulfide) groups is 1. The molecule has 1 atom stereocenters. The van der Waals surface area contributed by atoms with Crippen molar-refractivity contribution < 1.29 is 0 Å². The summed E-state index contributed by atoms with van der Waals surface area (Å²) >= 11 is 1.82. The molecule has 1 saturated carbocycles. The molecule has 1 heterocycles. The van der Waals surface area contributed by atoms with E-state index >= 15 is 0 Å². The SMILES string of the molecule is CSCC[C@H](N)c1nncn1C1CC1. The number of nitrogens with zero attached hydrogens (tertiary/aromatic N) is 3. The van der Waals surface area contributed by atoms with Gasteiger partial charge in [-0.1, -0.05) is 0 Å². The highest BCUT2D eigenvalue weighted by atomic mass is 32.2. The zero-order valence-electron chi connectivity index (χ0n) is 8.39. The monoisotopic (exact) mass is 212 g/mol. The van der Waals surface area contributed by atoms with Crippen LogP contribution in [0.15, 0.2) is 6.33 Å². The highest BCUT2D eigenvalue weighted by Crippen LogP contribution is 2.36. The van der Waals surface area contributed by atoms with E-state index in [4.69, 9.17) is 5.73 Å². The van der Waals surface area contributed by atoms with Crippen LogP contribution in [0.25, 0.3) is 0 Å². The lowest BCUT2D eigenvalue weighted by molar-refractivity contribution is 0.584. The third-order valence-corrected chi connectivity index (χ3v) is 3.15. The summed E-state index contributed by atoms with van der Waals surface area (Å²) in [6.07, 6.45) is 7.39. The molecule has 14 heavy (non-hydrogen) atoms. The van der Waals surface area contributed by atoms with Crippen molar-refractivity contribution in [3.63, 3.8) is 0 Å². The molecular formula is C9H16N4S. The number of nitrogens with two attached hydrogens (primary N) is 1. The van der Waals surface area contributed by atoms with Gasteiger partial charge >= 0.3 is 0 Å². The molecule has 0 aromatic carbocycles. The first kappa shape index (κ1) is 9.98. The van der Waals surface area contributed by atoms with Crippen molar-refractivity contribution in [1.29, 1.82) is 0 Å². The van der Waals surface area contributed by atoms with Gasteiger partial charge in [0.25, 0.3) is 0 Å². The van der Waals surface area contributed by atoms with Gasteiger partial charge in [-0.2, -0.15) is 11.8 Å². The Morgan fingerprint density at radius 2 is 2.50 bits per heavy atom. The van der Waals surface area contributed by atoms with E-state index < -0.39 is 0 Å². The minimum absolute atomic E-state index is 0.0468. The maximum absolute atomic E-state index is 6.06. The van der Waals surface area contributed by atoms with E-state index in [1.807, 2.05) is 18.1 Å². The van der Waals surface area contributed by atoms with Crippen LogP contribution in [0, 0.1) is 0 Å². The highest BCUT2D eigenvalue weighted by Gasteiger charge is 2.27. The van der Waals surface area contributed by atoms with E-state index in [-0.39, 0.29) is 6.04 Å². The standard InChI is InChI=1S/C9H16N4S/c1-14-5-4-8(10)9-12-11-6-13(9)7-2-3-7/h6-8H,2-5,10H2,1H3/t8-/m0/s1. The average Bonchev–Trinajstić information content (AvgIpc) is 2.93. The summed E-state index contributed by atoms with van der Waals surface area (Å²) in [4.78, 5) is 0. The minimum Gasteiger partial charge on any atom is -0.321 e. The molecule has 78 valence electrons. The summed E-state index contributed by atoms with van der Waals surface area (Å²) in [6.45, 7) is 0. The van der Waals surface area contributed by atoms with Crippen molar-refractivity contribution in [2.24, 2.45) is 5.73 Å². The Bertz CT molecular complexity index is 295. The molecule has 0 spiro atoms. The van der Waals surface area contributed by atoms with Crippen LogP contribution in [-0.4, -0.2) is 26.8 Å². The second-order valence-electron chi connectivity index (χ2n) is 3.72. The van der Waals surface area contributed by atoms with Gasteiger partial charge in [-0.3, -0.25) is 0 Å². The van der Waals surface area contributed by atoms with Gasteiger partial charge in [-0.25, -0.2) is 0 Å².